The fourth-order valence-electron chi connectivity index (χ4n) is 2.10. The standard InChI is InChI=1S/C16H20F3NO3/c1-10(7-14(21)22)9-20-15(23)11(2)8-12-3-5-13(6-4-12)16(17,18)19/h3-6,10-11H,7-9H2,1-2H3,(H,20,23)(H,21,22). The lowest BCUT2D eigenvalue weighted by Crippen LogP contribution is -2.34. The van der Waals surface area contributed by atoms with Crippen molar-refractivity contribution < 1.29 is 27.9 Å². The Morgan fingerprint density at radius 3 is 2.22 bits per heavy atom. The topological polar surface area (TPSA) is 66.4 Å². The second kappa shape index (κ2) is 7.99. The highest BCUT2D eigenvalue weighted by Crippen LogP contribution is 2.29. The Morgan fingerprint density at radius 2 is 1.74 bits per heavy atom. The van der Waals surface area contributed by atoms with Crippen LogP contribution in [0.3, 0.4) is 0 Å². The zero-order valence-corrected chi connectivity index (χ0v) is 13.0. The van der Waals surface area contributed by atoms with Crippen molar-refractivity contribution in [3.63, 3.8) is 0 Å². The quantitative estimate of drug-likeness (QED) is 0.807. The van der Waals surface area contributed by atoms with Crippen LogP contribution in [-0.4, -0.2) is 23.5 Å². The Bertz CT molecular complexity index is 540. The Hall–Kier alpha value is -2.05. The average Bonchev–Trinajstić information content (AvgIpc) is 2.43. The van der Waals surface area contributed by atoms with Crippen LogP contribution in [0.2, 0.25) is 0 Å². The third-order valence-corrected chi connectivity index (χ3v) is 3.42. The Labute approximate surface area is 132 Å². The van der Waals surface area contributed by atoms with Crippen LogP contribution in [0.15, 0.2) is 24.3 Å². The van der Waals surface area contributed by atoms with Crippen molar-refractivity contribution >= 4 is 11.9 Å². The lowest BCUT2D eigenvalue weighted by molar-refractivity contribution is -0.138. The average molecular weight is 331 g/mol. The summed E-state index contributed by atoms with van der Waals surface area (Å²) in [6.07, 6.45) is -4.09. The number of carboxylic acids is 1. The van der Waals surface area contributed by atoms with Crippen LogP contribution in [0.25, 0.3) is 0 Å². The zero-order chi connectivity index (χ0) is 17.6. The molecule has 23 heavy (non-hydrogen) atoms. The van der Waals surface area contributed by atoms with E-state index in [4.69, 9.17) is 5.11 Å². The van der Waals surface area contributed by atoms with E-state index in [0.717, 1.165) is 12.1 Å². The summed E-state index contributed by atoms with van der Waals surface area (Å²) in [5.41, 5.74) is -0.0833. The van der Waals surface area contributed by atoms with Crippen molar-refractivity contribution in [1.82, 2.24) is 5.32 Å². The van der Waals surface area contributed by atoms with Crippen LogP contribution in [0.4, 0.5) is 13.2 Å². The zero-order valence-electron chi connectivity index (χ0n) is 13.0. The highest BCUT2D eigenvalue weighted by atomic mass is 19.4. The summed E-state index contributed by atoms with van der Waals surface area (Å²) in [6, 6.07) is 4.71. The smallest absolute Gasteiger partial charge is 0.416 e. The maximum atomic E-state index is 12.5. The van der Waals surface area contributed by atoms with E-state index in [1.807, 2.05) is 0 Å². The number of benzene rings is 1. The summed E-state index contributed by atoms with van der Waals surface area (Å²) < 4.78 is 37.4. The molecule has 0 spiro atoms. The highest BCUT2D eigenvalue weighted by Gasteiger charge is 2.30. The molecule has 1 amide bonds. The normalized spacial score (nSPS) is 14.1. The van der Waals surface area contributed by atoms with Crippen LogP contribution in [0.1, 0.15) is 31.4 Å². The van der Waals surface area contributed by atoms with Gasteiger partial charge in [-0.2, -0.15) is 13.2 Å². The number of amides is 1. The molecule has 7 heteroatoms. The molecular weight excluding hydrogens is 311 g/mol. The molecule has 0 fully saturated rings. The number of carbonyl (C=O) groups excluding carboxylic acids is 1. The van der Waals surface area contributed by atoms with Crippen LogP contribution in [-0.2, 0) is 22.2 Å². The van der Waals surface area contributed by atoms with E-state index in [9.17, 15) is 22.8 Å². The molecule has 1 aromatic carbocycles. The van der Waals surface area contributed by atoms with Gasteiger partial charge in [-0.05, 0) is 30.0 Å². The van der Waals surface area contributed by atoms with Crippen molar-refractivity contribution in [1.29, 1.82) is 0 Å². The van der Waals surface area contributed by atoms with Crippen molar-refractivity contribution in [2.75, 3.05) is 6.54 Å². The molecule has 0 saturated heterocycles. The second-order valence-corrected chi connectivity index (χ2v) is 5.75. The molecular formula is C16H20F3NO3. The summed E-state index contributed by atoms with van der Waals surface area (Å²) in [4.78, 5) is 22.5. The second-order valence-electron chi connectivity index (χ2n) is 5.75. The van der Waals surface area contributed by atoms with E-state index >= 15 is 0 Å². The molecule has 0 aromatic heterocycles. The van der Waals surface area contributed by atoms with Gasteiger partial charge in [-0.3, -0.25) is 9.59 Å². The maximum Gasteiger partial charge on any atom is 0.416 e. The molecule has 0 saturated carbocycles. The van der Waals surface area contributed by atoms with Gasteiger partial charge in [0, 0.05) is 18.9 Å². The molecule has 128 valence electrons. The first-order chi connectivity index (χ1) is 10.6. The Balaban J connectivity index is 2.50. The molecule has 0 aliphatic rings. The van der Waals surface area contributed by atoms with E-state index < -0.39 is 23.6 Å². The highest BCUT2D eigenvalue weighted by molar-refractivity contribution is 5.78. The fraction of sp³-hybridized carbons (Fsp3) is 0.500. The number of nitrogens with one attached hydrogen (secondary N) is 1. The number of alkyl halides is 3. The SMILES string of the molecule is CC(CNC(=O)C(C)Cc1ccc(C(F)(F)F)cc1)CC(=O)O. The van der Waals surface area contributed by atoms with E-state index in [1.54, 1.807) is 13.8 Å². The van der Waals surface area contributed by atoms with E-state index in [1.165, 1.54) is 12.1 Å². The number of hydrogen-bond acceptors (Lipinski definition) is 2. The van der Waals surface area contributed by atoms with Gasteiger partial charge in [0.05, 0.1) is 5.56 Å². The summed E-state index contributed by atoms with van der Waals surface area (Å²) in [6.45, 7) is 3.65. The summed E-state index contributed by atoms with van der Waals surface area (Å²) in [5.74, 6) is -1.77. The molecule has 1 aromatic rings. The first-order valence-electron chi connectivity index (χ1n) is 7.25. The van der Waals surface area contributed by atoms with Crippen LogP contribution >= 0.6 is 0 Å². The van der Waals surface area contributed by atoms with Crippen molar-refractivity contribution in [2.45, 2.75) is 32.9 Å². The first-order valence-corrected chi connectivity index (χ1v) is 7.25. The van der Waals surface area contributed by atoms with Crippen LogP contribution in [0.5, 0.6) is 0 Å². The number of hydrogen-bond donors (Lipinski definition) is 2. The predicted octanol–water partition coefficient (Wildman–Crippen LogP) is 3.11. The lowest BCUT2D eigenvalue weighted by Gasteiger charge is -2.15. The minimum atomic E-state index is -4.37. The summed E-state index contributed by atoms with van der Waals surface area (Å²) >= 11 is 0. The molecule has 0 radical (unpaired) electrons. The molecule has 4 nitrogen and oxygen atoms in total. The lowest BCUT2D eigenvalue weighted by atomic mass is 9.99. The molecule has 2 atom stereocenters. The predicted molar refractivity (Wildman–Crippen MR) is 78.7 cm³/mol. The number of rotatable bonds is 7. The first kappa shape index (κ1) is 19.0. The molecule has 0 heterocycles. The van der Waals surface area contributed by atoms with Crippen molar-refractivity contribution in [3.05, 3.63) is 35.4 Å². The number of halogens is 3. The van der Waals surface area contributed by atoms with Gasteiger partial charge in [-0.1, -0.05) is 26.0 Å². The fourth-order valence-corrected chi connectivity index (χ4v) is 2.10. The minimum Gasteiger partial charge on any atom is -0.481 e. The van der Waals surface area contributed by atoms with Gasteiger partial charge < -0.3 is 10.4 Å². The maximum absolute atomic E-state index is 12.5. The molecule has 0 bridgehead atoms. The van der Waals surface area contributed by atoms with Gasteiger partial charge in [0.1, 0.15) is 0 Å². The minimum absolute atomic E-state index is 0.0342. The number of carboxylic acid groups (broad SMARTS) is 1. The number of aliphatic carboxylic acids is 1. The molecule has 1 rings (SSSR count). The molecule has 0 aliphatic carbocycles. The van der Waals surface area contributed by atoms with E-state index in [2.05, 4.69) is 5.32 Å². The van der Waals surface area contributed by atoms with Crippen LogP contribution in [0, 0.1) is 11.8 Å². The van der Waals surface area contributed by atoms with Gasteiger partial charge in [0.15, 0.2) is 0 Å². The number of carbonyl (C=O) groups is 2. The van der Waals surface area contributed by atoms with Gasteiger partial charge in [0.25, 0.3) is 0 Å². The summed E-state index contributed by atoms with van der Waals surface area (Å²) in [7, 11) is 0. The van der Waals surface area contributed by atoms with Crippen molar-refractivity contribution in [2.24, 2.45) is 11.8 Å². The van der Waals surface area contributed by atoms with Gasteiger partial charge in [-0.25, -0.2) is 0 Å². The van der Waals surface area contributed by atoms with Gasteiger partial charge >= 0.3 is 12.1 Å². The van der Waals surface area contributed by atoms with E-state index in [0.29, 0.717) is 12.0 Å². The molecule has 2 N–H and O–H groups in total. The largest absolute Gasteiger partial charge is 0.481 e. The molecule has 0 aliphatic heterocycles. The van der Waals surface area contributed by atoms with Crippen LogP contribution < -0.4 is 5.32 Å². The van der Waals surface area contributed by atoms with Crippen molar-refractivity contribution in [3.8, 4) is 0 Å². The Kier molecular flexibility index (Phi) is 6.60. The van der Waals surface area contributed by atoms with Gasteiger partial charge in [-0.15, -0.1) is 0 Å². The monoisotopic (exact) mass is 331 g/mol. The summed E-state index contributed by atoms with van der Waals surface area (Å²) in [5, 5.41) is 11.3. The third kappa shape index (κ3) is 6.71. The molecule has 2 unspecified atom stereocenters. The van der Waals surface area contributed by atoms with Gasteiger partial charge in [0.2, 0.25) is 5.91 Å². The third-order valence-electron chi connectivity index (χ3n) is 3.42. The Morgan fingerprint density at radius 1 is 1.17 bits per heavy atom. The van der Waals surface area contributed by atoms with E-state index in [-0.39, 0.29) is 24.8 Å².